The topological polar surface area (TPSA) is 81.4 Å². The zero-order valence-electron chi connectivity index (χ0n) is 12.3. The summed E-state index contributed by atoms with van der Waals surface area (Å²) in [5, 5.41) is 6.46. The Kier molecular flexibility index (Phi) is 5.08. The molecule has 0 spiro atoms. The lowest BCUT2D eigenvalue weighted by Gasteiger charge is -1.97. The van der Waals surface area contributed by atoms with Crippen LogP contribution in [0.1, 0.15) is 16.1 Å². The third-order valence-electron chi connectivity index (χ3n) is 2.92. The lowest BCUT2D eigenvalue weighted by atomic mass is 10.1. The number of benzene rings is 1. The summed E-state index contributed by atoms with van der Waals surface area (Å²) in [6.45, 7) is 2.18. The molecule has 0 aliphatic rings. The van der Waals surface area contributed by atoms with Crippen LogP contribution in [0.2, 0.25) is 0 Å². The summed E-state index contributed by atoms with van der Waals surface area (Å²) >= 11 is 0. The van der Waals surface area contributed by atoms with Crippen molar-refractivity contribution in [3.8, 4) is 11.3 Å². The van der Waals surface area contributed by atoms with Crippen LogP contribution in [0.4, 0.5) is 0 Å². The highest BCUT2D eigenvalue weighted by Gasteiger charge is 2.13. The number of rotatable bonds is 5. The number of methoxy groups -OCH3 is 1. The van der Waals surface area contributed by atoms with Gasteiger partial charge in [-0.3, -0.25) is 4.79 Å². The van der Waals surface area contributed by atoms with Crippen LogP contribution < -0.4 is 5.32 Å². The number of aryl methyl sites for hydroxylation is 1. The van der Waals surface area contributed by atoms with E-state index in [1.54, 1.807) is 6.07 Å². The van der Waals surface area contributed by atoms with Crippen LogP contribution in [0.25, 0.3) is 11.3 Å². The van der Waals surface area contributed by atoms with Gasteiger partial charge in [0.05, 0.1) is 7.11 Å². The molecule has 0 saturated heterocycles. The van der Waals surface area contributed by atoms with Gasteiger partial charge in [0.1, 0.15) is 5.69 Å². The van der Waals surface area contributed by atoms with Gasteiger partial charge in [0.25, 0.3) is 5.91 Å². The first kappa shape index (κ1) is 15.5. The zero-order chi connectivity index (χ0) is 15.9. The lowest BCUT2D eigenvalue weighted by Crippen LogP contribution is -2.22. The van der Waals surface area contributed by atoms with Crippen molar-refractivity contribution in [3.05, 3.63) is 53.8 Å². The van der Waals surface area contributed by atoms with Gasteiger partial charge < -0.3 is 14.6 Å². The molecule has 0 aliphatic heterocycles. The Labute approximate surface area is 127 Å². The molecule has 0 unspecified atom stereocenters. The van der Waals surface area contributed by atoms with Crippen LogP contribution in [0.15, 0.2) is 47.0 Å². The largest absolute Gasteiger partial charge is 0.466 e. The second-order valence-corrected chi connectivity index (χ2v) is 4.58. The molecule has 2 aromatic rings. The fourth-order valence-electron chi connectivity index (χ4n) is 1.70. The Bertz CT molecular complexity index is 686. The molecular weight excluding hydrogens is 284 g/mol. The number of hydrogen-bond donors (Lipinski definition) is 1. The average molecular weight is 300 g/mol. The fourth-order valence-corrected chi connectivity index (χ4v) is 1.70. The van der Waals surface area contributed by atoms with Crippen molar-refractivity contribution < 1.29 is 18.8 Å². The van der Waals surface area contributed by atoms with Crippen LogP contribution >= 0.6 is 0 Å². The van der Waals surface area contributed by atoms with Crippen LogP contribution in [-0.4, -0.2) is 30.7 Å². The van der Waals surface area contributed by atoms with Crippen molar-refractivity contribution in [2.45, 2.75) is 6.92 Å². The Morgan fingerprint density at radius 3 is 2.73 bits per heavy atom. The highest BCUT2D eigenvalue weighted by Crippen LogP contribution is 2.19. The third kappa shape index (κ3) is 4.05. The van der Waals surface area contributed by atoms with E-state index >= 15 is 0 Å². The molecule has 6 nitrogen and oxygen atoms in total. The molecule has 0 atom stereocenters. The monoisotopic (exact) mass is 300 g/mol. The number of nitrogens with one attached hydrogen (secondary N) is 1. The van der Waals surface area contributed by atoms with Crippen LogP contribution in [-0.2, 0) is 9.53 Å². The standard InChI is InChI=1S/C16H16N2O4/c1-11-5-7-12(8-6-11)13-10-14(22-18-13)16(20)17-9-3-4-15(19)21-2/h3-8,10H,9H2,1-2H3,(H,17,20)/b4-3+. The van der Waals surface area contributed by atoms with Crippen molar-refractivity contribution in [2.75, 3.05) is 13.7 Å². The van der Waals surface area contributed by atoms with Gasteiger partial charge in [-0.25, -0.2) is 4.79 Å². The Balaban J connectivity index is 1.96. The zero-order valence-corrected chi connectivity index (χ0v) is 12.3. The van der Waals surface area contributed by atoms with Gasteiger partial charge in [0, 0.05) is 24.3 Å². The summed E-state index contributed by atoms with van der Waals surface area (Å²) in [6.07, 6.45) is 2.72. The first-order valence-corrected chi connectivity index (χ1v) is 6.66. The van der Waals surface area contributed by atoms with E-state index < -0.39 is 11.9 Å². The number of ether oxygens (including phenoxy) is 1. The van der Waals surface area contributed by atoms with Gasteiger partial charge in [0.15, 0.2) is 0 Å². The number of aromatic nitrogens is 1. The third-order valence-corrected chi connectivity index (χ3v) is 2.92. The van der Waals surface area contributed by atoms with E-state index in [0.717, 1.165) is 11.1 Å². The Hall–Kier alpha value is -2.89. The maximum Gasteiger partial charge on any atom is 0.330 e. The number of esters is 1. The highest BCUT2D eigenvalue weighted by atomic mass is 16.5. The Morgan fingerprint density at radius 1 is 1.32 bits per heavy atom. The van der Waals surface area contributed by atoms with E-state index in [4.69, 9.17) is 4.52 Å². The SMILES string of the molecule is COC(=O)/C=C/CNC(=O)c1cc(-c2ccc(C)cc2)no1. The van der Waals surface area contributed by atoms with Crippen molar-refractivity contribution in [2.24, 2.45) is 0 Å². The highest BCUT2D eigenvalue weighted by molar-refractivity contribution is 5.92. The van der Waals surface area contributed by atoms with Gasteiger partial charge >= 0.3 is 5.97 Å². The maximum absolute atomic E-state index is 11.9. The van der Waals surface area contributed by atoms with Gasteiger partial charge in [0.2, 0.25) is 5.76 Å². The summed E-state index contributed by atoms with van der Waals surface area (Å²) in [7, 11) is 1.28. The van der Waals surface area contributed by atoms with E-state index in [9.17, 15) is 9.59 Å². The molecule has 1 amide bonds. The molecule has 22 heavy (non-hydrogen) atoms. The number of nitrogens with zero attached hydrogens (tertiary/aromatic N) is 1. The molecule has 0 saturated carbocycles. The van der Waals surface area contributed by atoms with E-state index in [-0.39, 0.29) is 12.3 Å². The molecule has 1 aromatic heterocycles. The quantitative estimate of drug-likeness (QED) is 0.675. The molecule has 2 rings (SSSR count). The maximum atomic E-state index is 11.9. The van der Waals surface area contributed by atoms with E-state index in [2.05, 4.69) is 15.2 Å². The number of amides is 1. The number of hydrogen-bond acceptors (Lipinski definition) is 5. The molecule has 0 aliphatic carbocycles. The molecule has 6 heteroatoms. The normalized spacial score (nSPS) is 10.6. The van der Waals surface area contributed by atoms with Crippen molar-refractivity contribution in [1.82, 2.24) is 10.5 Å². The van der Waals surface area contributed by atoms with Gasteiger partial charge in [-0.15, -0.1) is 0 Å². The van der Waals surface area contributed by atoms with Crippen molar-refractivity contribution in [3.63, 3.8) is 0 Å². The minimum Gasteiger partial charge on any atom is -0.466 e. The average Bonchev–Trinajstić information content (AvgIpc) is 3.01. The predicted octanol–water partition coefficient (Wildman–Crippen LogP) is 2.11. The molecule has 0 fully saturated rings. The first-order chi connectivity index (χ1) is 10.6. The molecule has 1 aromatic carbocycles. The summed E-state index contributed by atoms with van der Waals surface area (Å²) in [4.78, 5) is 22.7. The first-order valence-electron chi connectivity index (χ1n) is 6.66. The minimum absolute atomic E-state index is 0.113. The van der Waals surface area contributed by atoms with Gasteiger partial charge in [-0.1, -0.05) is 41.1 Å². The van der Waals surface area contributed by atoms with E-state index in [1.165, 1.54) is 19.3 Å². The van der Waals surface area contributed by atoms with Crippen LogP contribution in [0.3, 0.4) is 0 Å². The van der Waals surface area contributed by atoms with Crippen molar-refractivity contribution >= 4 is 11.9 Å². The molecule has 1 heterocycles. The lowest BCUT2D eigenvalue weighted by molar-refractivity contribution is -0.134. The summed E-state index contributed by atoms with van der Waals surface area (Å²) in [5.41, 5.74) is 2.61. The molecule has 114 valence electrons. The molecule has 0 radical (unpaired) electrons. The summed E-state index contributed by atoms with van der Waals surface area (Å²) < 4.78 is 9.47. The number of carbonyl (C=O) groups is 2. The minimum atomic E-state index is -0.476. The van der Waals surface area contributed by atoms with Gasteiger partial charge in [-0.05, 0) is 6.92 Å². The second kappa shape index (κ2) is 7.21. The molecule has 1 N–H and O–H groups in total. The summed E-state index contributed by atoms with van der Waals surface area (Å²) in [6, 6.07) is 9.31. The van der Waals surface area contributed by atoms with E-state index in [0.29, 0.717) is 5.69 Å². The Morgan fingerprint density at radius 2 is 2.05 bits per heavy atom. The van der Waals surface area contributed by atoms with Crippen molar-refractivity contribution in [1.29, 1.82) is 0 Å². The fraction of sp³-hybridized carbons (Fsp3) is 0.188. The predicted molar refractivity (Wildman–Crippen MR) is 80.2 cm³/mol. The molecule has 0 bridgehead atoms. The second-order valence-electron chi connectivity index (χ2n) is 4.58. The van der Waals surface area contributed by atoms with Crippen LogP contribution in [0, 0.1) is 6.92 Å². The smallest absolute Gasteiger partial charge is 0.330 e. The number of carbonyl (C=O) groups excluding carboxylic acids is 2. The van der Waals surface area contributed by atoms with Gasteiger partial charge in [-0.2, -0.15) is 0 Å². The van der Waals surface area contributed by atoms with E-state index in [1.807, 2.05) is 31.2 Å². The van der Waals surface area contributed by atoms with Crippen LogP contribution in [0.5, 0.6) is 0 Å². The molecular formula is C16H16N2O4. The summed E-state index contributed by atoms with van der Waals surface area (Å²) in [5.74, 6) is -0.766.